The second-order valence-corrected chi connectivity index (χ2v) is 5.88. The molecule has 1 unspecified atom stereocenters. The van der Waals surface area contributed by atoms with Crippen LogP contribution < -0.4 is 11.1 Å². The molecule has 0 aliphatic heterocycles. The van der Waals surface area contributed by atoms with Crippen molar-refractivity contribution in [3.8, 4) is 0 Å². The standard InChI is InChI=1S/C13H23N3O2S/c1-4-7-15-13(3,11(14)17)6-5-8-19-12-16-10(2)9-18-12/h9,15H,4-8H2,1-3H3,(H2,14,17). The Bertz CT molecular complexity index is 408. The van der Waals surface area contributed by atoms with Gasteiger partial charge in [-0.15, -0.1) is 0 Å². The maximum Gasteiger partial charge on any atom is 0.255 e. The molecule has 0 saturated heterocycles. The molecule has 0 aliphatic carbocycles. The van der Waals surface area contributed by atoms with Crippen LogP contribution in [0.15, 0.2) is 15.9 Å². The summed E-state index contributed by atoms with van der Waals surface area (Å²) in [5.74, 6) is 0.564. The summed E-state index contributed by atoms with van der Waals surface area (Å²) in [6, 6.07) is 0. The summed E-state index contributed by atoms with van der Waals surface area (Å²) in [5, 5.41) is 3.91. The number of primary amides is 1. The number of nitrogens with zero attached hydrogens (tertiary/aromatic N) is 1. The van der Waals surface area contributed by atoms with Crippen LogP contribution in [-0.2, 0) is 4.79 Å². The summed E-state index contributed by atoms with van der Waals surface area (Å²) in [4.78, 5) is 15.7. The van der Waals surface area contributed by atoms with E-state index in [1.54, 1.807) is 18.0 Å². The highest BCUT2D eigenvalue weighted by Gasteiger charge is 2.29. The summed E-state index contributed by atoms with van der Waals surface area (Å²) < 4.78 is 5.25. The lowest BCUT2D eigenvalue weighted by Crippen LogP contribution is -2.53. The first-order chi connectivity index (χ1) is 8.98. The van der Waals surface area contributed by atoms with Crippen molar-refractivity contribution in [2.24, 2.45) is 5.73 Å². The van der Waals surface area contributed by atoms with Crippen molar-refractivity contribution in [3.63, 3.8) is 0 Å². The molecule has 1 aromatic heterocycles. The van der Waals surface area contributed by atoms with E-state index >= 15 is 0 Å². The number of carbonyl (C=O) groups is 1. The molecular weight excluding hydrogens is 262 g/mol. The van der Waals surface area contributed by atoms with Crippen molar-refractivity contribution in [2.75, 3.05) is 12.3 Å². The number of thioether (sulfide) groups is 1. The smallest absolute Gasteiger partial charge is 0.255 e. The lowest BCUT2D eigenvalue weighted by Gasteiger charge is -2.27. The quantitative estimate of drug-likeness (QED) is 0.536. The molecular formula is C13H23N3O2S. The van der Waals surface area contributed by atoms with Crippen molar-refractivity contribution in [1.82, 2.24) is 10.3 Å². The number of hydrogen-bond donors (Lipinski definition) is 2. The molecule has 108 valence electrons. The minimum Gasteiger partial charge on any atom is -0.440 e. The molecule has 0 fully saturated rings. The molecule has 3 N–H and O–H groups in total. The fourth-order valence-corrected chi connectivity index (χ4v) is 2.47. The maximum absolute atomic E-state index is 11.5. The number of nitrogens with two attached hydrogens (primary N) is 1. The lowest BCUT2D eigenvalue weighted by atomic mass is 9.95. The lowest BCUT2D eigenvalue weighted by molar-refractivity contribution is -0.124. The monoisotopic (exact) mass is 285 g/mol. The maximum atomic E-state index is 11.5. The van der Waals surface area contributed by atoms with Crippen LogP contribution in [0.25, 0.3) is 0 Å². The highest BCUT2D eigenvalue weighted by Crippen LogP contribution is 2.20. The van der Waals surface area contributed by atoms with E-state index in [0.29, 0.717) is 5.22 Å². The average Bonchev–Trinajstić information content (AvgIpc) is 2.78. The Morgan fingerprint density at radius 3 is 2.89 bits per heavy atom. The number of amides is 1. The Kier molecular flexibility index (Phi) is 6.37. The number of carbonyl (C=O) groups excluding carboxylic acids is 1. The zero-order valence-corrected chi connectivity index (χ0v) is 12.7. The summed E-state index contributed by atoms with van der Waals surface area (Å²) in [6.07, 6.45) is 4.21. The fourth-order valence-electron chi connectivity index (χ4n) is 1.68. The van der Waals surface area contributed by atoms with Crippen LogP contribution >= 0.6 is 11.8 Å². The van der Waals surface area contributed by atoms with Gasteiger partial charge >= 0.3 is 0 Å². The fraction of sp³-hybridized carbons (Fsp3) is 0.692. The molecule has 0 saturated carbocycles. The Hall–Kier alpha value is -1.01. The van der Waals surface area contributed by atoms with Crippen LogP contribution in [0.1, 0.15) is 38.8 Å². The molecule has 0 bridgehead atoms. The van der Waals surface area contributed by atoms with Crippen molar-refractivity contribution in [1.29, 1.82) is 0 Å². The zero-order chi connectivity index (χ0) is 14.3. The Labute approximate surface area is 118 Å². The molecule has 1 aromatic rings. The number of rotatable bonds is 9. The second-order valence-electron chi connectivity index (χ2n) is 4.83. The van der Waals surface area contributed by atoms with E-state index in [1.165, 1.54) is 0 Å². The van der Waals surface area contributed by atoms with E-state index < -0.39 is 5.54 Å². The molecule has 0 radical (unpaired) electrons. The van der Waals surface area contributed by atoms with E-state index in [1.807, 2.05) is 13.8 Å². The Balaban J connectivity index is 2.34. The largest absolute Gasteiger partial charge is 0.440 e. The van der Waals surface area contributed by atoms with Gasteiger partial charge in [-0.05, 0) is 39.7 Å². The minimum absolute atomic E-state index is 0.294. The van der Waals surface area contributed by atoms with E-state index in [0.717, 1.165) is 37.3 Å². The normalized spacial score (nSPS) is 14.3. The van der Waals surface area contributed by atoms with Gasteiger partial charge in [0.25, 0.3) is 5.22 Å². The van der Waals surface area contributed by atoms with Crippen LogP contribution in [-0.4, -0.2) is 28.7 Å². The van der Waals surface area contributed by atoms with Crippen LogP contribution in [0.4, 0.5) is 0 Å². The van der Waals surface area contributed by atoms with Gasteiger partial charge < -0.3 is 15.5 Å². The van der Waals surface area contributed by atoms with Crippen LogP contribution in [0.2, 0.25) is 0 Å². The predicted octanol–water partition coefficient (Wildman–Crippen LogP) is 2.10. The van der Waals surface area contributed by atoms with Gasteiger partial charge in [0, 0.05) is 5.75 Å². The van der Waals surface area contributed by atoms with Crippen molar-refractivity contribution in [3.05, 3.63) is 12.0 Å². The van der Waals surface area contributed by atoms with E-state index in [9.17, 15) is 4.79 Å². The number of oxazole rings is 1. The van der Waals surface area contributed by atoms with Crippen LogP contribution in [0.3, 0.4) is 0 Å². The summed E-state index contributed by atoms with van der Waals surface area (Å²) in [6.45, 7) is 6.62. The molecule has 1 rings (SSSR count). The van der Waals surface area contributed by atoms with Crippen molar-refractivity contribution >= 4 is 17.7 Å². The molecule has 1 atom stereocenters. The van der Waals surface area contributed by atoms with Crippen LogP contribution in [0.5, 0.6) is 0 Å². The second kappa shape index (κ2) is 7.55. The number of aromatic nitrogens is 1. The molecule has 19 heavy (non-hydrogen) atoms. The van der Waals surface area contributed by atoms with Gasteiger partial charge in [-0.2, -0.15) is 0 Å². The first kappa shape index (κ1) is 16.0. The first-order valence-corrected chi connectivity index (χ1v) is 7.56. The summed E-state index contributed by atoms with van der Waals surface area (Å²) in [7, 11) is 0. The van der Waals surface area contributed by atoms with Gasteiger partial charge in [-0.3, -0.25) is 4.79 Å². The molecule has 0 aromatic carbocycles. The number of nitrogens with one attached hydrogen (secondary N) is 1. The highest BCUT2D eigenvalue weighted by molar-refractivity contribution is 7.99. The molecule has 0 aliphatic rings. The zero-order valence-electron chi connectivity index (χ0n) is 11.9. The SMILES string of the molecule is CCCNC(C)(CCCSc1nc(C)co1)C(N)=O. The topological polar surface area (TPSA) is 81.2 Å². The van der Waals surface area contributed by atoms with Gasteiger partial charge in [-0.1, -0.05) is 18.7 Å². The van der Waals surface area contributed by atoms with Crippen LogP contribution in [0, 0.1) is 6.92 Å². The van der Waals surface area contributed by atoms with Crippen molar-refractivity contribution in [2.45, 2.75) is 50.8 Å². The molecule has 1 amide bonds. The van der Waals surface area contributed by atoms with E-state index in [4.69, 9.17) is 10.2 Å². The van der Waals surface area contributed by atoms with Gasteiger partial charge in [0.05, 0.1) is 11.2 Å². The minimum atomic E-state index is -0.622. The number of aryl methyl sites for hydroxylation is 1. The van der Waals surface area contributed by atoms with Gasteiger partial charge in [-0.25, -0.2) is 4.98 Å². The molecule has 0 spiro atoms. The third-order valence-corrected chi connectivity index (χ3v) is 3.88. The average molecular weight is 285 g/mol. The first-order valence-electron chi connectivity index (χ1n) is 6.58. The molecule has 5 nitrogen and oxygen atoms in total. The van der Waals surface area contributed by atoms with Gasteiger partial charge in [0.1, 0.15) is 6.26 Å². The Morgan fingerprint density at radius 2 is 2.37 bits per heavy atom. The van der Waals surface area contributed by atoms with E-state index in [-0.39, 0.29) is 5.91 Å². The predicted molar refractivity (Wildman–Crippen MR) is 77.1 cm³/mol. The van der Waals surface area contributed by atoms with Crippen molar-refractivity contribution < 1.29 is 9.21 Å². The third kappa shape index (κ3) is 5.24. The number of hydrogen-bond acceptors (Lipinski definition) is 5. The van der Waals surface area contributed by atoms with Gasteiger partial charge in [0.2, 0.25) is 5.91 Å². The Morgan fingerprint density at radius 1 is 1.63 bits per heavy atom. The molecule has 6 heteroatoms. The molecule has 1 heterocycles. The summed E-state index contributed by atoms with van der Waals surface area (Å²) >= 11 is 1.56. The van der Waals surface area contributed by atoms with E-state index in [2.05, 4.69) is 17.2 Å². The highest BCUT2D eigenvalue weighted by atomic mass is 32.2. The summed E-state index contributed by atoms with van der Waals surface area (Å²) in [5.41, 5.74) is 5.73. The third-order valence-electron chi connectivity index (χ3n) is 2.95. The van der Waals surface area contributed by atoms with Gasteiger partial charge in [0.15, 0.2) is 0 Å².